The molecule has 1 aliphatic heterocycles. The lowest BCUT2D eigenvalue weighted by molar-refractivity contribution is 0.0698. The SMILES string of the molecule is Cc1cc(C)n(Cc2ccc(C(=O)N3CCN(S(=O)(=O)c4c(C)c(C)cc(C)c4C)CC3)cc2)n1. The number of benzene rings is 2. The molecule has 2 heterocycles. The molecule has 0 radical (unpaired) electrons. The molecular weight excluding hydrogens is 460 g/mol. The number of carbonyl (C=O) groups is 1. The number of amides is 1. The van der Waals surface area contributed by atoms with Crippen molar-refractivity contribution in [3.63, 3.8) is 0 Å². The fourth-order valence-corrected chi connectivity index (χ4v) is 6.77. The molecule has 4 rings (SSSR count). The highest BCUT2D eigenvalue weighted by Gasteiger charge is 2.33. The van der Waals surface area contributed by atoms with Crippen molar-refractivity contribution in [1.82, 2.24) is 19.0 Å². The van der Waals surface area contributed by atoms with Gasteiger partial charge in [0.25, 0.3) is 5.91 Å². The zero-order valence-corrected chi connectivity index (χ0v) is 22.2. The predicted octanol–water partition coefficient (Wildman–Crippen LogP) is 3.93. The maximum Gasteiger partial charge on any atom is 0.253 e. The van der Waals surface area contributed by atoms with Gasteiger partial charge in [-0.3, -0.25) is 9.48 Å². The Kier molecular flexibility index (Phi) is 6.88. The highest BCUT2D eigenvalue weighted by Crippen LogP contribution is 2.29. The fourth-order valence-electron chi connectivity index (χ4n) is 4.77. The molecule has 1 aromatic heterocycles. The predicted molar refractivity (Wildman–Crippen MR) is 137 cm³/mol. The minimum Gasteiger partial charge on any atom is -0.336 e. The summed E-state index contributed by atoms with van der Waals surface area (Å²) >= 11 is 0. The topological polar surface area (TPSA) is 75.5 Å². The Balaban J connectivity index is 1.43. The second-order valence-electron chi connectivity index (χ2n) is 9.57. The molecular formula is C27H34N4O3S. The summed E-state index contributed by atoms with van der Waals surface area (Å²) < 4.78 is 30.5. The molecule has 8 heteroatoms. The second-order valence-corrected chi connectivity index (χ2v) is 11.4. The van der Waals surface area contributed by atoms with Gasteiger partial charge in [-0.15, -0.1) is 0 Å². The molecule has 1 aliphatic rings. The lowest BCUT2D eigenvalue weighted by atomic mass is 10.0. The molecule has 0 atom stereocenters. The minimum atomic E-state index is -3.63. The van der Waals surface area contributed by atoms with Gasteiger partial charge in [-0.2, -0.15) is 9.40 Å². The smallest absolute Gasteiger partial charge is 0.253 e. The molecule has 1 saturated heterocycles. The Morgan fingerprint density at radius 1 is 0.857 bits per heavy atom. The standard InChI is InChI=1S/C27H34N4O3S/c1-18-15-19(2)23(6)26(22(18)5)35(33,34)30-13-11-29(12-14-30)27(32)25-9-7-24(8-10-25)17-31-21(4)16-20(3)28-31/h7-10,15-16H,11-14,17H2,1-6H3. The lowest BCUT2D eigenvalue weighted by Crippen LogP contribution is -2.50. The van der Waals surface area contributed by atoms with Crippen LogP contribution in [0.4, 0.5) is 0 Å². The van der Waals surface area contributed by atoms with Gasteiger partial charge in [-0.1, -0.05) is 18.2 Å². The van der Waals surface area contributed by atoms with Crippen LogP contribution in [0, 0.1) is 41.5 Å². The molecule has 0 aliphatic carbocycles. The van der Waals surface area contributed by atoms with Crippen molar-refractivity contribution in [2.24, 2.45) is 0 Å². The summed E-state index contributed by atoms with van der Waals surface area (Å²) in [5, 5.41) is 4.49. The first kappa shape index (κ1) is 25.1. The summed E-state index contributed by atoms with van der Waals surface area (Å²) in [6.45, 7) is 13.6. The van der Waals surface area contributed by atoms with Gasteiger partial charge >= 0.3 is 0 Å². The molecule has 1 amide bonds. The summed E-state index contributed by atoms with van der Waals surface area (Å²) in [6, 6.07) is 11.7. The third-order valence-electron chi connectivity index (χ3n) is 7.06. The van der Waals surface area contributed by atoms with E-state index in [1.807, 2.05) is 82.6 Å². The van der Waals surface area contributed by atoms with Gasteiger partial charge in [-0.25, -0.2) is 8.42 Å². The van der Waals surface area contributed by atoms with E-state index in [2.05, 4.69) is 5.10 Å². The maximum absolute atomic E-state index is 13.5. The number of aryl methyl sites for hydroxylation is 4. The molecule has 2 aromatic carbocycles. The van der Waals surface area contributed by atoms with Crippen molar-refractivity contribution in [3.05, 3.63) is 81.2 Å². The van der Waals surface area contributed by atoms with Crippen LogP contribution in [0.1, 0.15) is 49.6 Å². The average Bonchev–Trinajstić information content (AvgIpc) is 3.14. The quantitative estimate of drug-likeness (QED) is 0.539. The first-order valence-electron chi connectivity index (χ1n) is 12.0. The number of hydrogen-bond donors (Lipinski definition) is 0. The van der Waals surface area contributed by atoms with Crippen molar-refractivity contribution in [3.8, 4) is 0 Å². The Labute approximate surface area is 208 Å². The van der Waals surface area contributed by atoms with E-state index >= 15 is 0 Å². The van der Waals surface area contributed by atoms with Crippen molar-refractivity contribution >= 4 is 15.9 Å². The fraction of sp³-hybridized carbons (Fsp3) is 0.407. The average molecular weight is 495 g/mol. The minimum absolute atomic E-state index is 0.0709. The van der Waals surface area contributed by atoms with E-state index in [1.54, 1.807) is 4.90 Å². The Morgan fingerprint density at radius 3 is 1.94 bits per heavy atom. The van der Waals surface area contributed by atoms with E-state index in [-0.39, 0.29) is 19.0 Å². The first-order valence-corrected chi connectivity index (χ1v) is 13.4. The Bertz CT molecular complexity index is 1340. The molecule has 0 unspecified atom stereocenters. The van der Waals surface area contributed by atoms with Crippen LogP contribution in [0.3, 0.4) is 0 Å². The van der Waals surface area contributed by atoms with E-state index in [0.29, 0.717) is 30.1 Å². The lowest BCUT2D eigenvalue weighted by Gasteiger charge is -2.35. The number of rotatable bonds is 5. The first-order chi connectivity index (χ1) is 16.5. The number of sulfonamides is 1. The van der Waals surface area contributed by atoms with Gasteiger partial charge in [0, 0.05) is 37.4 Å². The van der Waals surface area contributed by atoms with Crippen LogP contribution in [0.15, 0.2) is 41.3 Å². The van der Waals surface area contributed by atoms with Crippen molar-refractivity contribution in [2.45, 2.75) is 53.0 Å². The number of hydrogen-bond acceptors (Lipinski definition) is 4. The van der Waals surface area contributed by atoms with E-state index in [4.69, 9.17) is 0 Å². The van der Waals surface area contributed by atoms with Gasteiger partial charge < -0.3 is 4.90 Å². The maximum atomic E-state index is 13.5. The van der Waals surface area contributed by atoms with Crippen LogP contribution in [-0.4, -0.2) is 59.5 Å². The third-order valence-corrected chi connectivity index (χ3v) is 9.23. The van der Waals surface area contributed by atoms with Gasteiger partial charge in [-0.05, 0) is 87.6 Å². The van der Waals surface area contributed by atoms with Gasteiger partial charge in [0.2, 0.25) is 10.0 Å². The zero-order valence-electron chi connectivity index (χ0n) is 21.4. The van der Waals surface area contributed by atoms with Crippen LogP contribution >= 0.6 is 0 Å². The monoisotopic (exact) mass is 494 g/mol. The normalized spacial score (nSPS) is 15.0. The second kappa shape index (κ2) is 9.59. The highest BCUT2D eigenvalue weighted by molar-refractivity contribution is 7.89. The van der Waals surface area contributed by atoms with E-state index in [1.165, 1.54) is 4.31 Å². The largest absolute Gasteiger partial charge is 0.336 e. The van der Waals surface area contributed by atoms with Crippen LogP contribution in [0.25, 0.3) is 0 Å². The summed E-state index contributed by atoms with van der Waals surface area (Å²) in [5.74, 6) is -0.0709. The van der Waals surface area contributed by atoms with Crippen LogP contribution in [0.5, 0.6) is 0 Å². The number of aromatic nitrogens is 2. The highest BCUT2D eigenvalue weighted by atomic mass is 32.2. The molecule has 7 nitrogen and oxygen atoms in total. The van der Waals surface area contributed by atoms with Gasteiger partial charge in [0.05, 0.1) is 17.1 Å². The zero-order chi connectivity index (χ0) is 25.5. The molecule has 186 valence electrons. The number of piperazine rings is 1. The van der Waals surface area contributed by atoms with Crippen molar-refractivity contribution in [1.29, 1.82) is 0 Å². The Hall–Kier alpha value is -2.97. The number of carbonyl (C=O) groups excluding carboxylic acids is 1. The van der Waals surface area contributed by atoms with Crippen molar-refractivity contribution in [2.75, 3.05) is 26.2 Å². The molecule has 3 aromatic rings. The van der Waals surface area contributed by atoms with Crippen LogP contribution in [-0.2, 0) is 16.6 Å². The summed E-state index contributed by atoms with van der Waals surface area (Å²) in [4.78, 5) is 15.2. The molecule has 1 fully saturated rings. The molecule has 0 N–H and O–H groups in total. The van der Waals surface area contributed by atoms with Crippen LogP contribution in [0.2, 0.25) is 0 Å². The summed E-state index contributed by atoms with van der Waals surface area (Å²) in [7, 11) is -3.63. The third kappa shape index (κ3) is 4.90. The van der Waals surface area contributed by atoms with E-state index in [9.17, 15) is 13.2 Å². The van der Waals surface area contributed by atoms with Crippen LogP contribution < -0.4 is 0 Å². The molecule has 0 bridgehead atoms. The summed E-state index contributed by atoms with van der Waals surface area (Å²) in [5.41, 5.74) is 7.31. The molecule has 0 spiro atoms. The number of nitrogens with zero attached hydrogens (tertiary/aromatic N) is 4. The van der Waals surface area contributed by atoms with Crippen molar-refractivity contribution < 1.29 is 13.2 Å². The van der Waals surface area contributed by atoms with E-state index < -0.39 is 10.0 Å². The van der Waals surface area contributed by atoms with E-state index in [0.717, 1.165) is 39.2 Å². The van der Waals surface area contributed by atoms with Gasteiger partial charge in [0.1, 0.15) is 0 Å². The summed E-state index contributed by atoms with van der Waals surface area (Å²) in [6.07, 6.45) is 0. The molecule has 35 heavy (non-hydrogen) atoms. The molecule has 0 saturated carbocycles. The Morgan fingerprint density at radius 2 is 1.43 bits per heavy atom. The van der Waals surface area contributed by atoms with Gasteiger partial charge in [0.15, 0.2) is 0 Å².